The molecule has 2 unspecified atom stereocenters. The number of nitrogens with zero attached hydrogens (tertiary/aromatic N) is 1. The maximum Gasteiger partial charge on any atom is 0.248 e. The lowest BCUT2D eigenvalue weighted by atomic mass is 9.94. The van der Waals surface area contributed by atoms with E-state index in [4.69, 9.17) is 5.73 Å². The number of benzene rings is 1. The Hall–Kier alpha value is -1.95. The fourth-order valence-electron chi connectivity index (χ4n) is 3.20. The average molecular weight is 291 g/mol. The molecule has 0 aromatic heterocycles. The topological polar surface area (TPSA) is 75.4 Å². The molecule has 3 N–H and O–H groups in total. The molecule has 21 heavy (non-hydrogen) atoms. The molecule has 2 amide bonds. The number of amides is 2. The fraction of sp³-hybridized carbons (Fsp3) is 0.467. The van der Waals surface area contributed by atoms with Crippen LogP contribution in [0.1, 0.15) is 28.8 Å². The summed E-state index contributed by atoms with van der Waals surface area (Å²) in [6.07, 6.45) is 1.88. The van der Waals surface area contributed by atoms with Gasteiger partial charge in [-0.2, -0.15) is 0 Å². The number of likely N-dealkylation sites (tertiary alicyclic amines) is 1. The van der Waals surface area contributed by atoms with Gasteiger partial charge in [0.15, 0.2) is 0 Å². The second kappa shape index (κ2) is 5.44. The molecule has 6 heteroatoms. The van der Waals surface area contributed by atoms with Crippen molar-refractivity contribution in [3.05, 3.63) is 35.1 Å². The Morgan fingerprint density at radius 3 is 3.00 bits per heavy atom. The Kier molecular flexibility index (Phi) is 3.63. The Bertz CT molecular complexity index is 590. The number of carbonyl (C=O) groups excluding carboxylic acids is 2. The summed E-state index contributed by atoms with van der Waals surface area (Å²) in [5, 5.41) is 3.34. The molecule has 0 spiro atoms. The van der Waals surface area contributed by atoms with Crippen molar-refractivity contribution in [1.29, 1.82) is 0 Å². The number of piperidine rings is 1. The zero-order valence-electron chi connectivity index (χ0n) is 11.6. The largest absolute Gasteiger partial charge is 0.366 e. The number of fused-ring (bicyclic) bond motifs is 1. The van der Waals surface area contributed by atoms with Gasteiger partial charge in [-0.05, 0) is 37.6 Å². The third-order valence-electron chi connectivity index (χ3n) is 4.32. The smallest absolute Gasteiger partial charge is 0.248 e. The zero-order chi connectivity index (χ0) is 15.0. The second-order valence-electron chi connectivity index (χ2n) is 5.70. The zero-order valence-corrected chi connectivity index (χ0v) is 11.6. The van der Waals surface area contributed by atoms with E-state index in [1.54, 1.807) is 4.90 Å². The maximum absolute atomic E-state index is 13.9. The molecule has 1 aromatic rings. The van der Waals surface area contributed by atoms with Crippen LogP contribution in [0.4, 0.5) is 4.39 Å². The molecule has 2 fully saturated rings. The van der Waals surface area contributed by atoms with Crippen LogP contribution in [0, 0.1) is 11.7 Å². The predicted octanol–water partition coefficient (Wildman–Crippen LogP) is 0.635. The highest BCUT2D eigenvalue weighted by Gasteiger charge is 2.41. The third kappa shape index (κ3) is 2.63. The van der Waals surface area contributed by atoms with E-state index in [9.17, 15) is 14.0 Å². The molecule has 2 saturated heterocycles. The van der Waals surface area contributed by atoms with Crippen molar-refractivity contribution in [1.82, 2.24) is 10.2 Å². The van der Waals surface area contributed by atoms with E-state index in [2.05, 4.69) is 5.32 Å². The first-order valence-corrected chi connectivity index (χ1v) is 7.16. The molecule has 1 aromatic carbocycles. The lowest BCUT2D eigenvalue weighted by molar-refractivity contribution is -0.131. The minimum absolute atomic E-state index is 0.00105. The number of hydrogen-bond acceptors (Lipinski definition) is 3. The van der Waals surface area contributed by atoms with Gasteiger partial charge in [-0.25, -0.2) is 4.39 Å². The van der Waals surface area contributed by atoms with Crippen LogP contribution in [0.3, 0.4) is 0 Å². The number of nitrogens with two attached hydrogens (primary N) is 1. The minimum atomic E-state index is -0.598. The summed E-state index contributed by atoms with van der Waals surface area (Å²) >= 11 is 0. The van der Waals surface area contributed by atoms with Crippen LogP contribution in [-0.2, 0) is 11.3 Å². The lowest BCUT2D eigenvalue weighted by Gasteiger charge is -2.23. The van der Waals surface area contributed by atoms with Gasteiger partial charge in [-0.3, -0.25) is 9.59 Å². The lowest BCUT2D eigenvalue weighted by Crippen LogP contribution is -2.41. The van der Waals surface area contributed by atoms with Gasteiger partial charge in [-0.15, -0.1) is 0 Å². The molecular weight excluding hydrogens is 273 g/mol. The van der Waals surface area contributed by atoms with Crippen molar-refractivity contribution in [2.75, 3.05) is 13.1 Å². The van der Waals surface area contributed by atoms with Gasteiger partial charge in [0.1, 0.15) is 5.82 Å². The molecule has 2 aliphatic heterocycles. The number of rotatable bonds is 3. The molecule has 2 heterocycles. The summed E-state index contributed by atoms with van der Waals surface area (Å²) < 4.78 is 13.9. The molecule has 3 rings (SSSR count). The van der Waals surface area contributed by atoms with Gasteiger partial charge in [0.2, 0.25) is 11.8 Å². The van der Waals surface area contributed by atoms with E-state index < -0.39 is 11.7 Å². The molecule has 0 aliphatic carbocycles. The molecule has 112 valence electrons. The Labute approximate surface area is 122 Å². The van der Waals surface area contributed by atoms with E-state index in [1.165, 1.54) is 18.2 Å². The number of halogens is 1. The second-order valence-corrected chi connectivity index (χ2v) is 5.70. The van der Waals surface area contributed by atoms with Gasteiger partial charge in [0.05, 0.1) is 5.92 Å². The monoisotopic (exact) mass is 291 g/mol. The van der Waals surface area contributed by atoms with Gasteiger partial charge >= 0.3 is 0 Å². The van der Waals surface area contributed by atoms with Crippen LogP contribution in [0.25, 0.3) is 0 Å². The van der Waals surface area contributed by atoms with E-state index >= 15 is 0 Å². The molecule has 2 aliphatic rings. The third-order valence-corrected chi connectivity index (χ3v) is 4.32. The summed E-state index contributed by atoms with van der Waals surface area (Å²) in [4.78, 5) is 25.2. The predicted molar refractivity (Wildman–Crippen MR) is 74.8 cm³/mol. The number of carbonyl (C=O) groups is 2. The van der Waals surface area contributed by atoms with Crippen LogP contribution < -0.4 is 11.1 Å². The molecule has 0 bridgehead atoms. The van der Waals surface area contributed by atoms with Crippen LogP contribution >= 0.6 is 0 Å². The summed E-state index contributed by atoms with van der Waals surface area (Å²) in [5.41, 5.74) is 5.80. The van der Waals surface area contributed by atoms with E-state index in [0.29, 0.717) is 12.1 Å². The molecule has 0 saturated carbocycles. The summed E-state index contributed by atoms with van der Waals surface area (Å²) in [5.74, 6) is -0.952. The SMILES string of the molecule is NC(=O)c1ccc(F)c(CN2CC3NCCCC3C2=O)c1. The Morgan fingerprint density at radius 2 is 2.29 bits per heavy atom. The molecule has 5 nitrogen and oxygen atoms in total. The Balaban J connectivity index is 1.79. The van der Waals surface area contributed by atoms with Crippen molar-refractivity contribution < 1.29 is 14.0 Å². The highest BCUT2D eigenvalue weighted by atomic mass is 19.1. The first-order valence-electron chi connectivity index (χ1n) is 7.16. The highest BCUT2D eigenvalue weighted by Crippen LogP contribution is 2.28. The van der Waals surface area contributed by atoms with Crippen LogP contribution in [0.2, 0.25) is 0 Å². The van der Waals surface area contributed by atoms with Crippen molar-refractivity contribution >= 4 is 11.8 Å². The number of hydrogen-bond donors (Lipinski definition) is 2. The first kappa shape index (κ1) is 14.0. The van der Waals surface area contributed by atoms with E-state index in [-0.39, 0.29) is 30.0 Å². The quantitative estimate of drug-likeness (QED) is 0.858. The number of primary amides is 1. The highest BCUT2D eigenvalue weighted by molar-refractivity contribution is 5.93. The van der Waals surface area contributed by atoms with Gasteiger partial charge in [0, 0.05) is 30.3 Å². The van der Waals surface area contributed by atoms with Gasteiger partial charge in [0.25, 0.3) is 0 Å². The Morgan fingerprint density at radius 1 is 1.48 bits per heavy atom. The summed E-state index contributed by atoms with van der Waals surface area (Å²) in [6, 6.07) is 4.17. The molecule has 0 radical (unpaired) electrons. The van der Waals surface area contributed by atoms with Crippen molar-refractivity contribution in [3.8, 4) is 0 Å². The minimum Gasteiger partial charge on any atom is -0.366 e. The standard InChI is InChI=1S/C15H18FN3O2/c16-12-4-3-9(14(17)20)6-10(12)7-19-8-13-11(15(19)21)2-1-5-18-13/h3-4,6,11,13,18H,1-2,5,7-8H2,(H2,17,20). The fourth-order valence-corrected chi connectivity index (χ4v) is 3.20. The average Bonchev–Trinajstić information content (AvgIpc) is 2.78. The van der Waals surface area contributed by atoms with Gasteiger partial charge < -0.3 is 16.0 Å². The van der Waals surface area contributed by atoms with E-state index in [1.807, 2.05) is 0 Å². The van der Waals surface area contributed by atoms with E-state index in [0.717, 1.165) is 19.4 Å². The van der Waals surface area contributed by atoms with Gasteiger partial charge in [-0.1, -0.05) is 0 Å². The number of nitrogens with one attached hydrogen (secondary N) is 1. The van der Waals surface area contributed by atoms with Crippen molar-refractivity contribution in [3.63, 3.8) is 0 Å². The summed E-state index contributed by atoms with van der Waals surface area (Å²) in [6.45, 7) is 1.69. The molecule has 2 atom stereocenters. The van der Waals surface area contributed by atoms with Crippen LogP contribution in [-0.4, -0.2) is 35.8 Å². The summed E-state index contributed by atoms with van der Waals surface area (Å²) in [7, 11) is 0. The van der Waals surface area contributed by atoms with Crippen LogP contribution in [0.5, 0.6) is 0 Å². The normalized spacial score (nSPS) is 25.0. The van der Waals surface area contributed by atoms with Crippen LogP contribution in [0.15, 0.2) is 18.2 Å². The van der Waals surface area contributed by atoms with Crippen molar-refractivity contribution in [2.24, 2.45) is 11.7 Å². The molecular formula is C15H18FN3O2. The first-order chi connectivity index (χ1) is 10.1. The van der Waals surface area contributed by atoms with Crippen molar-refractivity contribution in [2.45, 2.75) is 25.4 Å². The maximum atomic E-state index is 13.9.